The maximum absolute atomic E-state index is 4.01. The Kier molecular flexibility index (Phi) is 6.83. The van der Waals surface area contributed by atoms with E-state index in [9.17, 15) is 0 Å². The molecule has 16 heavy (non-hydrogen) atoms. The molecule has 0 aliphatic heterocycles. The number of unbranched alkanes of at least 4 members (excludes halogenated alkanes) is 1. The molecule has 0 fully saturated rings. The molecule has 96 valence electrons. The van der Waals surface area contributed by atoms with Crippen LogP contribution in [0.2, 0.25) is 25.7 Å². The van der Waals surface area contributed by atoms with Gasteiger partial charge in [-0.25, -0.2) is 0 Å². The van der Waals surface area contributed by atoms with Crippen LogP contribution in [-0.4, -0.2) is 21.9 Å². The number of hydrogen-bond acceptors (Lipinski definition) is 1. The number of rotatable bonds is 7. The minimum absolute atomic E-state index is 1.11. The first kappa shape index (κ1) is 16.1. The molecule has 0 aromatic rings. The highest BCUT2D eigenvalue weighted by molar-refractivity contribution is 7.42. The van der Waals surface area contributed by atoms with Crippen molar-refractivity contribution in [1.82, 2.24) is 4.98 Å². The van der Waals surface area contributed by atoms with Crippen LogP contribution < -0.4 is 4.98 Å². The van der Waals surface area contributed by atoms with Gasteiger partial charge in [-0.2, -0.15) is 0 Å². The van der Waals surface area contributed by atoms with E-state index in [-0.39, 0.29) is 0 Å². The standard InChI is InChI=1S/C13H31NSi2/c1-8-11-12-14-16(10-3,13(4)9-2)15(5,6)7/h9,14H,8,10-12H2,1-7H3/b13-9+. The van der Waals surface area contributed by atoms with Crippen molar-refractivity contribution in [2.75, 3.05) is 6.54 Å². The third-order valence-electron chi connectivity index (χ3n) is 3.87. The van der Waals surface area contributed by atoms with Crippen LogP contribution in [-0.2, 0) is 0 Å². The van der Waals surface area contributed by atoms with Crippen LogP contribution in [0, 0.1) is 0 Å². The monoisotopic (exact) mass is 257 g/mol. The minimum Gasteiger partial charge on any atom is -0.336 e. The van der Waals surface area contributed by atoms with Gasteiger partial charge in [0, 0.05) is 0 Å². The lowest BCUT2D eigenvalue weighted by Crippen LogP contribution is -2.68. The van der Waals surface area contributed by atoms with Crippen molar-refractivity contribution in [3.05, 3.63) is 11.3 Å². The van der Waals surface area contributed by atoms with Gasteiger partial charge >= 0.3 is 0 Å². The maximum Gasteiger partial charge on any atom is 0.141 e. The molecule has 0 spiro atoms. The van der Waals surface area contributed by atoms with Crippen LogP contribution in [0.25, 0.3) is 0 Å². The van der Waals surface area contributed by atoms with E-state index in [0.29, 0.717) is 0 Å². The van der Waals surface area contributed by atoms with E-state index >= 15 is 0 Å². The van der Waals surface area contributed by atoms with E-state index in [2.05, 4.69) is 58.4 Å². The molecule has 0 aromatic heterocycles. The van der Waals surface area contributed by atoms with Crippen molar-refractivity contribution in [3.63, 3.8) is 0 Å². The zero-order valence-electron chi connectivity index (χ0n) is 12.4. The van der Waals surface area contributed by atoms with Crippen LogP contribution in [0.1, 0.15) is 40.5 Å². The number of nitrogens with one attached hydrogen (secondary N) is 1. The van der Waals surface area contributed by atoms with Gasteiger partial charge in [0.05, 0.1) is 7.59 Å². The number of hydrogen-bond donors (Lipinski definition) is 1. The summed E-state index contributed by atoms with van der Waals surface area (Å²) in [5.74, 6) is 0. The van der Waals surface area contributed by atoms with Gasteiger partial charge in [-0.3, -0.25) is 0 Å². The van der Waals surface area contributed by atoms with Crippen molar-refractivity contribution < 1.29 is 0 Å². The summed E-state index contributed by atoms with van der Waals surface area (Å²) >= 11 is 0. The van der Waals surface area contributed by atoms with Gasteiger partial charge in [0.2, 0.25) is 0 Å². The first-order chi connectivity index (χ1) is 7.35. The third-order valence-corrected chi connectivity index (χ3v) is 20.4. The molecular formula is C13H31NSi2. The maximum atomic E-state index is 4.01. The predicted molar refractivity (Wildman–Crippen MR) is 81.9 cm³/mol. The molecule has 0 rings (SSSR count). The zero-order chi connectivity index (χ0) is 12.8. The van der Waals surface area contributed by atoms with E-state index < -0.39 is 15.3 Å². The Morgan fingerprint density at radius 1 is 1.19 bits per heavy atom. The molecular weight excluding hydrogens is 226 g/mol. The molecule has 0 saturated heterocycles. The molecule has 3 heteroatoms. The molecule has 1 atom stereocenters. The van der Waals surface area contributed by atoms with Crippen molar-refractivity contribution in [3.8, 4) is 0 Å². The van der Waals surface area contributed by atoms with Gasteiger partial charge in [-0.15, -0.1) is 0 Å². The quantitative estimate of drug-likeness (QED) is 0.531. The summed E-state index contributed by atoms with van der Waals surface area (Å²) in [6.07, 6.45) is 4.96. The fraction of sp³-hybridized carbons (Fsp3) is 0.846. The molecule has 1 unspecified atom stereocenters. The predicted octanol–water partition coefficient (Wildman–Crippen LogP) is 4.26. The number of allylic oxidation sites excluding steroid dienone is 2. The van der Waals surface area contributed by atoms with Crippen LogP contribution in [0.15, 0.2) is 11.3 Å². The molecule has 0 heterocycles. The van der Waals surface area contributed by atoms with Gasteiger partial charge in [0.1, 0.15) is 7.75 Å². The molecule has 0 aliphatic rings. The normalized spacial score (nSPS) is 17.3. The second-order valence-electron chi connectivity index (χ2n) is 5.76. The molecule has 0 amide bonds. The van der Waals surface area contributed by atoms with E-state index in [0.717, 1.165) is 0 Å². The third kappa shape index (κ3) is 3.57. The highest BCUT2D eigenvalue weighted by Gasteiger charge is 2.45. The topological polar surface area (TPSA) is 12.0 Å². The van der Waals surface area contributed by atoms with E-state index in [1.54, 1.807) is 5.20 Å². The largest absolute Gasteiger partial charge is 0.336 e. The zero-order valence-corrected chi connectivity index (χ0v) is 14.4. The first-order valence-electron chi connectivity index (χ1n) is 6.74. The van der Waals surface area contributed by atoms with Crippen LogP contribution in [0.3, 0.4) is 0 Å². The SMILES string of the molecule is C/C=C(\C)[Si](CC)(NCCCC)[Si](C)(C)C. The van der Waals surface area contributed by atoms with E-state index in [1.807, 2.05) is 0 Å². The Morgan fingerprint density at radius 3 is 2.06 bits per heavy atom. The average molecular weight is 258 g/mol. The second kappa shape index (κ2) is 6.77. The average Bonchev–Trinajstić information content (AvgIpc) is 2.22. The molecule has 0 aliphatic carbocycles. The van der Waals surface area contributed by atoms with Crippen LogP contribution >= 0.6 is 0 Å². The smallest absolute Gasteiger partial charge is 0.141 e. The lowest BCUT2D eigenvalue weighted by Gasteiger charge is -2.43. The van der Waals surface area contributed by atoms with Gasteiger partial charge < -0.3 is 4.98 Å². The van der Waals surface area contributed by atoms with Gasteiger partial charge in [0.15, 0.2) is 0 Å². The molecule has 0 radical (unpaired) electrons. The summed E-state index contributed by atoms with van der Waals surface area (Å²) in [5, 5.41) is 1.67. The van der Waals surface area contributed by atoms with Crippen molar-refractivity contribution in [1.29, 1.82) is 0 Å². The lowest BCUT2D eigenvalue weighted by molar-refractivity contribution is 0.756. The minimum atomic E-state index is -1.36. The van der Waals surface area contributed by atoms with Crippen LogP contribution in [0.5, 0.6) is 0 Å². The summed E-state index contributed by atoms with van der Waals surface area (Å²) in [7, 11) is -2.47. The summed E-state index contributed by atoms with van der Waals surface area (Å²) in [5.41, 5.74) is 0. The molecule has 1 nitrogen and oxygen atoms in total. The summed E-state index contributed by atoms with van der Waals surface area (Å²) in [6.45, 7) is 18.0. The van der Waals surface area contributed by atoms with Gasteiger partial charge in [0.25, 0.3) is 0 Å². The highest BCUT2D eigenvalue weighted by Crippen LogP contribution is 2.27. The summed E-state index contributed by atoms with van der Waals surface area (Å²) in [6, 6.07) is 1.35. The van der Waals surface area contributed by atoms with E-state index in [1.165, 1.54) is 25.4 Å². The Morgan fingerprint density at radius 2 is 1.75 bits per heavy atom. The Labute approximate surface area is 105 Å². The van der Waals surface area contributed by atoms with Gasteiger partial charge in [-0.05, 0) is 32.9 Å². The summed E-state index contributed by atoms with van der Waals surface area (Å²) in [4.78, 5) is 4.01. The molecule has 0 bridgehead atoms. The fourth-order valence-corrected chi connectivity index (χ4v) is 16.7. The molecule has 0 saturated carbocycles. The highest BCUT2D eigenvalue weighted by atomic mass is 29.3. The van der Waals surface area contributed by atoms with Crippen molar-refractivity contribution in [2.24, 2.45) is 0 Å². The van der Waals surface area contributed by atoms with Crippen molar-refractivity contribution >= 4 is 15.3 Å². The first-order valence-corrected chi connectivity index (χ1v) is 13.4. The Hall–Kier alpha value is 0.134. The Balaban J connectivity index is 4.99. The van der Waals surface area contributed by atoms with Crippen molar-refractivity contribution in [2.45, 2.75) is 66.2 Å². The molecule has 0 aromatic carbocycles. The summed E-state index contributed by atoms with van der Waals surface area (Å²) < 4.78 is 0. The van der Waals surface area contributed by atoms with Gasteiger partial charge in [-0.1, -0.05) is 51.2 Å². The van der Waals surface area contributed by atoms with E-state index in [4.69, 9.17) is 0 Å². The lowest BCUT2D eigenvalue weighted by atomic mass is 10.3. The molecule has 1 N–H and O–H groups in total. The van der Waals surface area contributed by atoms with Crippen LogP contribution in [0.4, 0.5) is 0 Å². The Bertz CT molecular complexity index is 231. The fourth-order valence-electron chi connectivity index (χ4n) is 2.66. The second-order valence-corrected chi connectivity index (χ2v) is 21.0.